The van der Waals surface area contributed by atoms with Crippen molar-refractivity contribution < 1.29 is 14.1 Å². The molecule has 2 aliphatic heterocycles. The number of amides is 1. The monoisotopic (exact) mass is 279 g/mol. The molecule has 1 amide bonds. The molecule has 1 aromatic rings. The summed E-state index contributed by atoms with van der Waals surface area (Å²) >= 11 is 0. The molecule has 3 rings (SSSR count). The zero-order valence-corrected chi connectivity index (χ0v) is 11.8. The van der Waals surface area contributed by atoms with E-state index in [-0.39, 0.29) is 18.4 Å². The Labute approximate surface area is 118 Å². The van der Waals surface area contributed by atoms with E-state index in [9.17, 15) is 4.79 Å². The summed E-state index contributed by atoms with van der Waals surface area (Å²) in [4.78, 5) is 14.5. The van der Waals surface area contributed by atoms with Gasteiger partial charge in [0.15, 0.2) is 0 Å². The summed E-state index contributed by atoms with van der Waals surface area (Å²) < 4.78 is 10.6. The average molecular weight is 279 g/mol. The molecule has 110 valence electrons. The van der Waals surface area contributed by atoms with Gasteiger partial charge in [0.25, 0.3) is 0 Å². The van der Waals surface area contributed by atoms with Gasteiger partial charge in [-0.25, -0.2) is 0 Å². The normalized spacial score (nSPS) is 27.1. The lowest BCUT2D eigenvalue weighted by atomic mass is 10.1. The topological polar surface area (TPSA) is 67.6 Å². The molecule has 3 heterocycles. The Hall–Kier alpha value is -1.40. The van der Waals surface area contributed by atoms with Crippen molar-refractivity contribution in [2.75, 3.05) is 26.3 Å². The SMILES string of the molecule is Cc1cc(CC(=O)N[C@@H]2COC[C@H]2N2CCCC2)on1. The molecule has 1 aromatic heterocycles. The molecule has 0 aromatic carbocycles. The highest BCUT2D eigenvalue weighted by atomic mass is 16.5. The maximum absolute atomic E-state index is 12.1. The first kappa shape index (κ1) is 13.6. The molecule has 1 N–H and O–H groups in total. The second-order valence-corrected chi connectivity index (χ2v) is 5.63. The lowest BCUT2D eigenvalue weighted by molar-refractivity contribution is -0.121. The fourth-order valence-electron chi connectivity index (χ4n) is 3.03. The average Bonchev–Trinajstić information content (AvgIpc) is 3.10. The van der Waals surface area contributed by atoms with Crippen molar-refractivity contribution in [2.24, 2.45) is 0 Å². The Balaban J connectivity index is 1.54. The second kappa shape index (κ2) is 5.93. The number of hydrogen-bond donors (Lipinski definition) is 1. The van der Waals surface area contributed by atoms with Crippen LogP contribution in [0.3, 0.4) is 0 Å². The van der Waals surface area contributed by atoms with Gasteiger partial charge in [-0.3, -0.25) is 9.69 Å². The first-order valence-electron chi connectivity index (χ1n) is 7.26. The molecule has 2 fully saturated rings. The van der Waals surface area contributed by atoms with E-state index in [1.807, 2.05) is 6.92 Å². The van der Waals surface area contributed by atoms with E-state index in [1.54, 1.807) is 6.07 Å². The number of nitrogens with one attached hydrogen (secondary N) is 1. The van der Waals surface area contributed by atoms with Crippen molar-refractivity contribution in [1.82, 2.24) is 15.4 Å². The first-order valence-corrected chi connectivity index (χ1v) is 7.26. The van der Waals surface area contributed by atoms with Crippen molar-refractivity contribution in [3.05, 3.63) is 17.5 Å². The number of rotatable bonds is 4. The van der Waals surface area contributed by atoms with Gasteiger partial charge in [-0.05, 0) is 32.9 Å². The molecule has 6 heteroatoms. The van der Waals surface area contributed by atoms with Crippen molar-refractivity contribution in [1.29, 1.82) is 0 Å². The van der Waals surface area contributed by atoms with E-state index in [0.717, 1.165) is 18.8 Å². The van der Waals surface area contributed by atoms with Crippen molar-refractivity contribution in [3.63, 3.8) is 0 Å². The summed E-state index contributed by atoms with van der Waals surface area (Å²) in [5, 5.41) is 6.86. The van der Waals surface area contributed by atoms with Crippen LogP contribution >= 0.6 is 0 Å². The fourth-order valence-corrected chi connectivity index (χ4v) is 3.03. The zero-order chi connectivity index (χ0) is 13.9. The number of aromatic nitrogens is 1. The number of likely N-dealkylation sites (tertiary alicyclic amines) is 1. The molecule has 2 aliphatic rings. The minimum Gasteiger partial charge on any atom is -0.378 e. The summed E-state index contributed by atoms with van der Waals surface area (Å²) in [6, 6.07) is 2.20. The highest BCUT2D eigenvalue weighted by molar-refractivity contribution is 5.78. The molecular formula is C14H21N3O3. The van der Waals surface area contributed by atoms with Crippen LogP contribution in [0, 0.1) is 6.92 Å². The molecule has 0 radical (unpaired) electrons. The van der Waals surface area contributed by atoms with Crippen molar-refractivity contribution in [3.8, 4) is 0 Å². The van der Waals surface area contributed by atoms with E-state index in [1.165, 1.54) is 12.8 Å². The van der Waals surface area contributed by atoms with Gasteiger partial charge in [0, 0.05) is 6.07 Å². The number of ether oxygens (including phenoxy) is 1. The summed E-state index contributed by atoms with van der Waals surface area (Å²) in [6.07, 6.45) is 2.73. The maximum atomic E-state index is 12.1. The quantitative estimate of drug-likeness (QED) is 0.869. The number of nitrogens with zero attached hydrogens (tertiary/aromatic N) is 2. The second-order valence-electron chi connectivity index (χ2n) is 5.63. The molecule has 2 atom stereocenters. The molecular weight excluding hydrogens is 258 g/mol. The summed E-state index contributed by atoms with van der Waals surface area (Å²) in [6.45, 7) is 5.39. The Morgan fingerprint density at radius 2 is 2.25 bits per heavy atom. The Morgan fingerprint density at radius 1 is 1.45 bits per heavy atom. The van der Waals surface area contributed by atoms with Gasteiger partial charge in [-0.2, -0.15) is 0 Å². The third-order valence-corrected chi connectivity index (χ3v) is 4.02. The molecule has 6 nitrogen and oxygen atoms in total. The van der Waals surface area contributed by atoms with Crippen LogP contribution in [-0.4, -0.2) is 54.4 Å². The van der Waals surface area contributed by atoms with E-state index in [2.05, 4.69) is 15.4 Å². The lowest BCUT2D eigenvalue weighted by Gasteiger charge is -2.27. The van der Waals surface area contributed by atoms with Crippen LogP contribution in [-0.2, 0) is 16.0 Å². The van der Waals surface area contributed by atoms with Gasteiger partial charge in [-0.1, -0.05) is 5.16 Å². The fraction of sp³-hybridized carbons (Fsp3) is 0.714. The number of aryl methyl sites for hydroxylation is 1. The smallest absolute Gasteiger partial charge is 0.228 e. The van der Waals surface area contributed by atoms with Crippen LogP contribution in [0.2, 0.25) is 0 Å². The molecule has 20 heavy (non-hydrogen) atoms. The highest BCUT2D eigenvalue weighted by Crippen LogP contribution is 2.19. The number of hydrogen-bond acceptors (Lipinski definition) is 5. The minimum atomic E-state index is -0.0270. The maximum Gasteiger partial charge on any atom is 0.228 e. The van der Waals surface area contributed by atoms with Gasteiger partial charge in [-0.15, -0.1) is 0 Å². The van der Waals surface area contributed by atoms with Crippen LogP contribution in [0.4, 0.5) is 0 Å². The van der Waals surface area contributed by atoms with Crippen molar-refractivity contribution in [2.45, 2.75) is 38.3 Å². The van der Waals surface area contributed by atoms with Gasteiger partial charge in [0.2, 0.25) is 5.91 Å². The Morgan fingerprint density at radius 3 is 2.95 bits per heavy atom. The van der Waals surface area contributed by atoms with Crippen LogP contribution in [0.5, 0.6) is 0 Å². The largest absolute Gasteiger partial charge is 0.378 e. The highest BCUT2D eigenvalue weighted by Gasteiger charge is 2.35. The predicted molar refractivity (Wildman–Crippen MR) is 72.3 cm³/mol. The standard InChI is InChI=1S/C14H21N3O3/c1-10-6-11(20-16-10)7-14(18)15-12-8-19-9-13(12)17-4-2-3-5-17/h6,12-13H,2-5,7-9H2,1H3,(H,15,18)/t12-,13-/m1/s1. The van der Waals surface area contributed by atoms with E-state index in [0.29, 0.717) is 25.0 Å². The van der Waals surface area contributed by atoms with Gasteiger partial charge < -0.3 is 14.6 Å². The van der Waals surface area contributed by atoms with Crippen molar-refractivity contribution >= 4 is 5.91 Å². The zero-order valence-electron chi connectivity index (χ0n) is 11.8. The number of carbonyl (C=O) groups is 1. The Bertz CT molecular complexity index is 468. The van der Waals surface area contributed by atoms with Gasteiger partial charge >= 0.3 is 0 Å². The van der Waals surface area contributed by atoms with Crippen LogP contribution in [0.15, 0.2) is 10.6 Å². The van der Waals surface area contributed by atoms with E-state index >= 15 is 0 Å². The molecule has 0 unspecified atom stereocenters. The van der Waals surface area contributed by atoms with E-state index in [4.69, 9.17) is 9.26 Å². The molecule has 0 spiro atoms. The third kappa shape index (κ3) is 3.02. The lowest BCUT2D eigenvalue weighted by Crippen LogP contribution is -2.50. The first-order chi connectivity index (χ1) is 9.72. The Kier molecular flexibility index (Phi) is 4.03. The summed E-state index contributed by atoms with van der Waals surface area (Å²) in [5.74, 6) is 0.581. The molecule has 0 bridgehead atoms. The van der Waals surface area contributed by atoms with Gasteiger partial charge in [0.05, 0.1) is 37.4 Å². The summed E-state index contributed by atoms with van der Waals surface area (Å²) in [5.41, 5.74) is 0.798. The molecule has 0 aliphatic carbocycles. The predicted octanol–water partition coefficient (Wildman–Crippen LogP) is 0.505. The van der Waals surface area contributed by atoms with E-state index < -0.39 is 0 Å². The van der Waals surface area contributed by atoms with Crippen LogP contribution in [0.25, 0.3) is 0 Å². The third-order valence-electron chi connectivity index (χ3n) is 4.02. The van der Waals surface area contributed by atoms with Gasteiger partial charge in [0.1, 0.15) is 5.76 Å². The van der Waals surface area contributed by atoms with Crippen LogP contribution < -0.4 is 5.32 Å². The summed E-state index contributed by atoms with van der Waals surface area (Å²) in [7, 11) is 0. The molecule has 0 saturated carbocycles. The minimum absolute atomic E-state index is 0.0270. The number of carbonyl (C=O) groups excluding carboxylic acids is 1. The molecule has 2 saturated heterocycles. The van der Waals surface area contributed by atoms with Crippen LogP contribution in [0.1, 0.15) is 24.3 Å².